The monoisotopic (exact) mass is 333 g/mol. The molecule has 0 saturated heterocycles. The van der Waals surface area contributed by atoms with E-state index in [9.17, 15) is 0 Å². The van der Waals surface area contributed by atoms with Gasteiger partial charge in [-0.15, -0.1) is 0 Å². The van der Waals surface area contributed by atoms with Gasteiger partial charge in [0, 0.05) is 19.3 Å². The average Bonchev–Trinajstić information content (AvgIpc) is 2.48. The average molecular weight is 334 g/mol. The third-order valence-corrected chi connectivity index (χ3v) is 4.19. The maximum atomic E-state index is 5.66. The minimum Gasteiger partial charge on any atom is -0.351 e. The fourth-order valence-corrected chi connectivity index (χ4v) is 2.58. The molecule has 0 atom stereocenters. The predicted octanol–water partition coefficient (Wildman–Crippen LogP) is 3.51. The first-order valence-electron chi connectivity index (χ1n) is 6.82. The molecule has 1 heterocycles. The van der Waals surface area contributed by atoms with Crippen molar-refractivity contribution in [3.05, 3.63) is 58.2 Å². The van der Waals surface area contributed by atoms with E-state index in [-0.39, 0.29) is 0 Å². The van der Waals surface area contributed by atoms with Crippen LogP contribution in [0.3, 0.4) is 0 Å². The summed E-state index contributed by atoms with van der Waals surface area (Å²) in [5.41, 5.74) is 8.13. The molecule has 1 aromatic carbocycles. The van der Waals surface area contributed by atoms with Crippen molar-refractivity contribution in [3.8, 4) is 0 Å². The van der Waals surface area contributed by atoms with Crippen LogP contribution in [0, 0.1) is 6.92 Å². The first-order chi connectivity index (χ1) is 9.72. The lowest BCUT2D eigenvalue weighted by Gasteiger charge is -2.25. The number of aromatic nitrogens is 1. The Morgan fingerprint density at radius 3 is 2.65 bits per heavy atom. The molecule has 0 aliphatic carbocycles. The number of pyridine rings is 1. The third kappa shape index (κ3) is 3.81. The Bertz CT molecular complexity index is 543. The Hall–Kier alpha value is -1.39. The molecule has 0 unspecified atom stereocenters. The van der Waals surface area contributed by atoms with Crippen molar-refractivity contribution < 1.29 is 0 Å². The third-order valence-electron chi connectivity index (χ3n) is 3.21. The van der Waals surface area contributed by atoms with Crippen molar-refractivity contribution >= 4 is 21.7 Å². The normalized spacial score (nSPS) is 10.6. The number of benzene rings is 1. The molecule has 0 aliphatic heterocycles. The van der Waals surface area contributed by atoms with Crippen LogP contribution in [-0.2, 0) is 6.54 Å². The topological polar surface area (TPSA) is 42.2 Å². The van der Waals surface area contributed by atoms with E-state index in [4.69, 9.17) is 5.73 Å². The van der Waals surface area contributed by atoms with E-state index in [0.717, 1.165) is 29.8 Å². The summed E-state index contributed by atoms with van der Waals surface area (Å²) in [6.07, 6.45) is 2.81. The fraction of sp³-hybridized carbons (Fsp3) is 0.312. The molecule has 0 spiro atoms. The molecule has 4 heteroatoms. The zero-order chi connectivity index (χ0) is 14.4. The van der Waals surface area contributed by atoms with E-state index >= 15 is 0 Å². The standard InChI is InChI=1S/C16H20BrN3/c1-13-8-10-19-16(15(13)17)20(11-5-9-18)12-14-6-3-2-4-7-14/h2-4,6-8,10H,5,9,11-12,18H2,1H3. The van der Waals surface area contributed by atoms with Gasteiger partial charge in [-0.2, -0.15) is 0 Å². The van der Waals surface area contributed by atoms with E-state index in [1.807, 2.05) is 18.3 Å². The number of nitrogens with zero attached hydrogens (tertiary/aromatic N) is 2. The van der Waals surface area contributed by atoms with Gasteiger partial charge in [0.15, 0.2) is 0 Å². The van der Waals surface area contributed by atoms with Crippen LogP contribution < -0.4 is 10.6 Å². The molecule has 0 bridgehead atoms. The molecule has 0 saturated carbocycles. The van der Waals surface area contributed by atoms with Crippen LogP contribution in [0.1, 0.15) is 17.5 Å². The van der Waals surface area contributed by atoms with Crippen LogP contribution in [0.5, 0.6) is 0 Å². The van der Waals surface area contributed by atoms with Crippen molar-refractivity contribution in [3.63, 3.8) is 0 Å². The number of halogens is 1. The molecule has 2 N–H and O–H groups in total. The highest BCUT2D eigenvalue weighted by molar-refractivity contribution is 9.10. The van der Waals surface area contributed by atoms with Gasteiger partial charge in [0.2, 0.25) is 0 Å². The SMILES string of the molecule is Cc1ccnc(N(CCCN)Cc2ccccc2)c1Br. The first-order valence-corrected chi connectivity index (χ1v) is 7.61. The maximum Gasteiger partial charge on any atom is 0.143 e. The van der Waals surface area contributed by atoms with Crippen LogP contribution >= 0.6 is 15.9 Å². The highest BCUT2D eigenvalue weighted by atomic mass is 79.9. The summed E-state index contributed by atoms with van der Waals surface area (Å²) >= 11 is 3.65. The number of rotatable bonds is 6. The van der Waals surface area contributed by atoms with E-state index in [1.54, 1.807) is 0 Å². The van der Waals surface area contributed by atoms with Gasteiger partial charge in [-0.05, 0) is 53.0 Å². The van der Waals surface area contributed by atoms with Crippen molar-refractivity contribution in [2.75, 3.05) is 18.0 Å². The fourth-order valence-electron chi connectivity index (χ4n) is 2.09. The molecule has 0 amide bonds. The summed E-state index contributed by atoms with van der Waals surface area (Å²) in [6, 6.07) is 12.5. The molecule has 0 fully saturated rings. The Kier molecular flexibility index (Phi) is 5.56. The maximum absolute atomic E-state index is 5.66. The molecule has 0 radical (unpaired) electrons. The zero-order valence-corrected chi connectivity index (χ0v) is 13.3. The second-order valence-corrected chi connectivity index (χ2v) is 5.61. The van der Waals surface area contributed by atoms with Crippen molar-refractivity contribution in [2.24, 2.45) is 5.73 Å². The number of nitrogens with two attached hydrogens (primary N) is 1. The van der Waals surface area contributed by atoms with Gasteiger partial charge in [-0.1, -0.05) is 30.3 Å². The number of hydrogen-bond donors (Lipinski definition) is 1. The molecular weight excluding hydrogens is 314 g/mol. The summed E-state index contributed by atoms with van der Waals surface area (Å²) in [5, 5.41) is 0. The van der Waals surface area contributed by atoms with E-state index in [1.165, 1.54) is 11.1 Å². The molecule has 0 aliphatic rings. The van der Waals surface area contributed by atoms with Gasteiger partial charge in [-0.3, -0.25) is 0 Å². The summed E-state index contributed by atoms with van der Waals surface area (Å²) in [4.78, 5) is 6.80. The lowest BCUT2D eigenvalue weighted by atomic mass is 10.2. The summed E-state index contributed by atoms with van der Waals surface area (Å²) in [5.74, 6) is 0.988. The highest BCUT2D eigenvalue weighted by Gasteiger charge is 2.13. The summed E-state index contributed by atoms with van der Waals surface area (Å²) < 4.78 is 1.06. The molecule has 106 valence electrons. The molecule has 1 aromatic heterocycles. The van der Waals surface area contributed by atoms with Gasteiger partial charge in [0.25, 0.3) is 0 Å². The van der Waals surface area contributed by atoms with Gasteiger partial charge >= 0.3 is 0 Å². The largest absolute Gasteiger partial charge is 0.351 e. The van der Waals surface area contributed by atoms with Crippen molar-refractivity contribution in [1.82, 2.24) is 4.98 Å². The minimum atomic E-state index is 0.689. The second kappa shape index (κ2) is 7.41. The van der Waals surface area contributed by atoms with Gasteiger partial charge in [-0.25, -0.2) is 4.98 Å². The number of aryl methyl sites for hydroxylation is 1. The van der Waals surface area contributed by atoms with Gasteiger partial charge in [0.05, 0.1) is 4.47 Å². The Labute approximate surface area is 129 Å². The lowest BCUT2D eigenvalue weighted by Crippen LogP contribution is -2.27. The van der Waals surface area contributed by atoms with Crippen LogP contribution in [0.15, 0.2) is 47.1 Å². The Balaban J connectivity index is 2.25. The Morgan fingerprint density at radius 2 is 1.95 bits per heavy atom. The van der Waals surface area contributed by atoms with Gasteiger partial charge < -0.3 is 10.6 Å². The molecule has 2 aromatic rings. The van der Waals surface area contributed by atoms with Crippen molar-refractivity contribution in [1.29, 1.82) is 0 Å². The van der Waals surface area contributed by atoms with Crippen LogP contribution in [-0.4, -0.2) is 18.1 Å². The molecule has 3 nitrogen and oxygen atoms in total. The van der Waals surface area contributed by atoms with Crippen LogP contribution in [0.25, 0.3) is 0 Å². The quantitative estimate of drug-likeness (QED) is 0.879. The summed E-state index contributed by atoms with van der Waals surface area (Å²) in [6.45, 7) is 4.52. The minimum absolute atomic E-state index is 0.689. The Morgan fingerprint density at radius 1 is 1.20 bits per heavy atom. The van der Waals surface area contributed by atoms with Gasteiger partial charge in [0.1, 0.15) is 5.82 Å². The van der Waals surface area contributed by atoms with E-state index in [2.05, 4.69) is 57.0 Å². The molecule has 20 heavy (non-hydrogen) atoms. The molecular formula is C16H20BrN3. The first kappa shape index (κ1) is 15.0. The van der Waals surface area contributed by atoms with Crippen LogP contribution in [0.4, 0.5) is 5.82 Å². The smallest absolute Gasteiger partial charge is 0.143 e. The number of hydrogen-bond acceptors (Lipinski definition) is 3. The number of anilines is 1. The molecule has 2 rings (SSSR count). The second-order valence-electron chi connectivity index (χ2n) is 4.81. The zero-order valence-electron chi connectivity index (χ0n) is 11.7. The van der Waals surface area contributed by atoms with E-state index in [0.29, 0.717) is 6.54 Å². The predicted molar refractivity (Wildman–Crippen MR) is 87.8 cm³/mol. The van der Waals surface area contributed by atoms with E-state index < -0.39 is 0 Å². The lowest BCUT2D eigenvalue weighted by molar-refractivity contribution is 0.724. The van der Waals surface area contributed by atoms with Crippen molar-refractivity contribution in [2.45, 2.75) is 19.9 Å². The highest BCUT2D eigenvalue weighted by Crippen LogP contribution is 2.28. The van der Waals surface area contributed by atoms with Crippen LogP contribution in [0.2, 0.25) is 0 Å². The summed E-state index contributed by atoms with van der Waals surface area (Å²) in [7, 11) is 0.